The second-order valence-electron chi connectivity index (χ2n) is 9.67. The molecule has 1 N–H and O–H groups in total. The third kappa shape index (κ3) is 5.42. The van der Waals surface area contributed by atoms with Gasteiger partial charge in [0.25, 0.3) is 0 Å². The number of rotatable bonds is 7. The van der Waals surface area contributed by atoms with Crippen LogP contribution in [-0.2, 0) is 22.6 Å². The molecule has 1 aliphatic heterocycles. The fraction of sp³-hybridized carbons (Fsp3) is 0.345. The minimum atomic E-state index is -1.14. The van der Waals surface area contributed by atoms with Crippen LogP contribution in [0.4, 0.5) is 0 Å². The van der Waals surface area contributed by atoms with Crippen LogP contribution in [0.5, 0.6) is 11.5 Å². The molecule has 4 rings (SSSR count). The summed E-state index contributed by atoms with van der Waals surface area (Å²) < 4.78 is 18.2. The summed E-state index contributed by atoms with van der Waals surface area (Å²) >= 11 is 0. The number of hydrogen-bond donors (Lipinski definition) is 1. The smallest absolute Gasteiger partial charge is 0.337 e. The maximum absolute atomic E-state index is 12.5. The molecule has 1 atom stereocenters. The van der Waals surface area contributed by atoms with E-state index < -0.39 is 17.7 Å². The van der Waals surface area contributed by atoms with Crippen molar-refractivity contribution in [3.8, 4) is 22.6 Å². The molecule has 0 spiro atoms. The van der Waals surface area contributed by atoms with Gasteiger partial charge in [0.15, 0.2) is 6.10 Å². The maximum atomic E-state index is 12.5. The number of carbonyl (C=O) groups is 1. The summed E-state index contributed by atoms with van der Waals surface area (Å²) in [5.74, 6) is 0.488. The monoisotopic (exact) mass is 460 g/mol. The first-order chi connectivity index (χ1) is 16.2. The van der Waals surface area contributed by atoms with Gasteiger partial charge in [0, 0.05) is 11.1 Å². The SMILES string of the molecule is Cc1ccc(OCc2ccccc2)c(-c2ccc3c(c2)CCCO3)c1C(OC(C)(C)C)C(=O)O. The molecule has 5 heteroatoms. The van der Waals surface area contributed by atoms with Gasteiger partial charge in [-0.1, -0.05) is 42.5 Å². The van der Waals surface area contributed by atoms with Crippen LogP contribution in [0.15, 0.2) is 60.7 Å². The Labute approximate surface area is 201 Å². The van der Waals surface area contributed by atoms with Gasteiger partial charge in [-0.2, -0.15) is 0 Å². The fourth-order valence-electron chi connectivity index (χ4n) is 4.30. The van der Waals surface area contributed by atoms with Gasteiger partial charge in [-0.05, 0) is 81.0 Å². The third-order valence-electron chi connectivity index (χ3n) is 5.82. The zero-order chi connectivity index (χ0) is 24.3. The van der Waals surface area contributed by atoms with E-state index in [0.29, 0.717) is 24.5 Å². The highest BCUT2D eigenvalue weighted by Crippen LogP contribution is 2.43. The zero-order valence-electron chi connectivity index (χ0n) is 20.3. The summed E-state index contributed by atoms with van der Waals surface area (Å²) in [6.45, 7) is 8.61. The van der Waals surface area contributed by atoms with Crippen LogP contribution in [0.2, 0.25) is 0 Å². The molecule has 0 saturated heterocycles. The first-order valence-corrected chi connectivity index (χ1v) is 11.7. The summed E-state index contributed by atoms with van der Waals surface area (Å²) in [7, 11) is 0. The quantitative estimate of drug-likeness (QED) is 0.436. The Balaban J connectivity index is 1.86. The van der Waals surface area contributed by atoms with Gasteiger partial charge in [-0.3, -0.25) is 0 Å². The van der Waals surface area contributed by atoms with Crippen molar-refractivity contribution < 1.29 is 24.1 Å². The lowest BCUT2D eigenvalue weighted by Crippen LogP contribution is -2.28. The summed E-state index contributed by atoms with van der Waals surface area (Å²) in [4.78, 5) is 12.5. The van der Waals surface area contributed by atoms with E-state index in [1.54, 1.807) is 0 Å². The van der Waals surface area contributed by atoms with Crippen LogP contribution in [0.3, 0.4) is 0 Å². The number of carboxylic acids is 1. The van der Waals surface area contributed by atoms with E-state index in [2.05, 4.69) is 6.07 Å². The van der Waals surface area contributed by atoms with Crippen molar-refractivity contribution in [3.05, 3.63) is 82.9 Å². The predicted molar refractivity (Wildman–Crippen MR) is 132 cm³/mol. The second-order valence-corrected chi connectivity index (χ2v) is 9.67. The molecule has 3 aromatic rings. The molecule has 0 fully saturated rings. The summed E-state index contributed by atoms with van der Waals surface area (Å²) in [5, 5.41) is 10.2. The van der Waals surface area contributed by atoms with Crippen LogP contribution in [0.1, 0.15) is 55.5 Å². The maximum Gasteiger partial charge on any atom is 0.337 e. The van der Waals surface area contributed by atoms with E-state index in [-0.39, 0.29) is 0 Å². The number of hydrogen-bond acceptors (Lipinski definition) is 4. The average Bonchev–Trinajstić information content (AvgIpc) is 2.81. The Morgan fingerprint density at radius 2 is 1.85 bits per heavy atom. The van der Waals surface area contributed by atoms with Gasteiger partial charge in [0.2, 0.25) is 0 Å². The Hall–Kier alpha value is -3.31. The molecule has 3 aromatic carbocycles. The highest BCUT2D eigenvalue weighted by molar-refractivity contribution is 5.84. The number of aliphatic carboxylic acids is 1. The molecule has 0 radical (unpaired) electrons. The third-order valence-corrected chi connectivity index (χ3v) is 5.82. The fourth-order valence-corrected chi connectivity index (χ4v) is 4.30. The first kappa shape index (κ1) is 23.8. The molecule has 5 nitrogen and oxygen atoms in total. The van der Waals surface area contributed by atoms with E-state index in [4.69, 9.17) is 14.2 Å². The number of aryl methyl sites for hydroxylation is 2. The molecular weight excluding hydrogens is 428 g/mol. The summed E-state index contributed by atoms with van der Waals surface area (Å²) in [6.07, 6.45) is 0.743. The van der Waals surface area contributed by atoms with Crippen LogP contribution in [-0.4, -0.2) is 23.3 Å². The van der Waals surface area contributed by atoms with Gasteiger partial charge in [0.1, 0.15) is 18.1 Å². The molecule has 1 aliphatic rings. The Kier molecular flexibility index (Phi) is 6.94. The van der Waals surface area contributed by atoms with Crippen molar-refractivity contribution >= 4 is 5.97 Å². The average molecular weight is 461 g/mol. The van der Waals surface area contributed by atoms with E-state index in [9.17, 15) is 9.90 Å². The van der Waals surface area contributed by atoms with Crippen molar-refractivity contribution in [2.45, 2.75) is 58.8 Å². The standard InChI is InChI=1S/C29H32O5/c1-19-12-14-24(33-18-20-9-6-5-7-10-20)26(25(19)27(28(30)31)34-29(2,3)4)22-13-15-23-21(17-22)11-8-16-32-23/h5-7,9-10,12-15,17,27H,8,11,16,18H2,1-4H3,(H,30,31). The zero-order valence-corrected chi connectivity index (χ0v) is 20.3. The van der Waals surface area contributed by atoms with Crippen LogP contribution >= 0.6 is 0 Å². The van der Waals surface area contributed by atoms with Gasteiger partial charge in [-0.25, -0.2) is 4.79 Å². The van der Waals surface area contributed by atoms with Crippen molar-refractivity contribution in [2.75, 3.05) is 6.61 Å². The highest BCUT2D eigenvalue weighted by atomic mass is 16.5. The van der Waals surface area contributed by atoms with Gasteiger partial charge < -0.3 is 19.3 Å². The molecule has 0 saturated carbocycles. The van der Waals surface area contributed by atoms with Gasteiger partial charge in [-0.15, -0.1) is 0 Å². The summed E-state index contributed by atoms with van der Waals surface area (Å²) in [6, 6.07) is 19.8. The number of benzene rings is 3. The normalized spacial score (nSPS) is 14.1. The van der Waals surface area contributed by atoms with Crippen molar-refractivity contribution in [1.82, 2.24) is 0 Å². The van der Waals surface area contributed by atoms with Crippen molar-refractivity contribution in [1.29, 1.82) is 0 Å². The highest BCUT2D eigenvalue weighted by Gasteiger charge is 2.32. The Bertz CT molecular complexity index is 1160. The Morgan fingerprint density at radius 3 is 2.56 bits per heavy atom. The molecule has 178 valence electrons. The van der Waals surface area contributed by atoms with Crippen LogP contribution in [0, 0.1) is 6.92 Å². The molecular formula is C29H32O5. The molecule has 34 heavy (non-hydrogen) atoms. The van der Waals surface area contributed by atoms with E-state index in [1.807, 2.05) is 82.3 Å². The molecule has 1 heterocycles. The predicted octanol–water partition coefficient (Wildman–Crippen LogP) is 6.51. The first-order valence-electron chi connectivity index (χ1n) is 11.7. The van der Waals surface area contributed by atoms with Gasteiger partial charge >= 0.3 is 5.97 Å². The number of fused-ring (bicyclic) bond motifs is 1. The minimum Gasteiger partial charge on any atom is -0.493 e. The molecule has 0 amide bonds. The van der Waals surface area contributed by atoms with E-state index >= 15 is 0 Å². The van der Waals surface area contributed by atoms with Crippen molar-refractivity contribution in [2.24, 2.45) is 0 Å². The van der Waals surface area contributed by atoms with E-state index in [0.717, 1.165) is 46.4 Å². The lowest BCUT2D eigenvalue weighted by molar-refractivity contribution is -0.160. The molecule has 1 unspecified atom stereocenters. The lowest BCUT2D eigenvalue weighted by Gasteiger charge is -2.29. The molecule has 0 bridgehead atoms. The van der Waals surface area contributed by atoms with Crippen molar-refractivity contribution in [3.63, 3.8) is 0 Å². The number of carboxylic acid groups (broad SMARTS) is 1. The number of ether oxygens (including phenoxy) is 3. The lowest BCUT2D eigenvalue weighted by atomic mass is 9.89. The van der Waals surface area contributed by atoms with Crippen LogP contribution < -0.4 is 9.47 Å². The largest absolute Gasteiger partial charge is 0.493 e. The van der Waals surface area contributed by atoms with Gasteiger partial charge in [0.05, 0.1) is 12.2 Å². The topological polar surface area (TPSA) is 65.0 Å². The molecule has 0 aliphatic carbocycles. The van der Waals surface area contributed by atoms with Crippen LogP contribution in [0.25, 0.3) is 11.1 Å². The minimum absolute atomic E-state index is 0.377. The second kappa shape index (κ2) is 9.90. The molecule has 0 aromatic heterocycles. The summed E-state index contributed by atoms with van der Waals surface area (Å²) in [5.41, 5.74) is 4.62. The van der Waals surface area contributed by atoms with E-state index in [1.165, 1.54) is 0 Å². The Morgan fingerprint density at radius 1 is 1.09 bits per heavy atom.